The van der Waals surface area contributed by atoms with Crippen molar-refractivity contribution in [2.45, 2.75) is 31.7 Å². The molecule has 0 bridgehead atoms. The summed E-state index contributed by atoms with van der Waals surface area (Å²) in [6.45, 7) is 4.49. The average Bonchev–Trinajstić information content (AvgIpc) is 3.04. The van der Waals surface area contributed by atoms with Crippen LogP contribution in [0.5, 0.6) is 5.75 Å². The van der Waals surface area contributed by atoms with Crippen molar-refractivity contribution >= 4 is 40.7 Å². The lowest BCUT2D eigenvalue weighted by Gasteiger charge is -2.39. The Kier molecular flexibility index (Phi) is 9.24. The smallest absolute Gasteiger partial charge is 0.119 e. The van der Waals surface area contributed by atoms with E-state index in [4.69, 9.17) is 4.74 Å². The standard InChI is InChI=1S/C17H25BrN2O.2ClH/c1-21-14-6-7-16(18)15(12-14)17(13-4-2-3-5-13)20-10-8-19-9-11-20;;/h6-7,12-13,17,19H,2-5,8-11H2,1H3;2*1H/t17-;;/m1../s1. The molecule has 1 N–H and O–H groups in total. The van der Waals surface area contributed by atoms with Crippen LogP contribution in [0.3, 0.4) is 0 Å². The third-order valence-corrected chi connectivity index (χ3v) is 5.64. The molecular formula is C17H27BrCl2N2O. The van der Waals surface area contributed by atoms with Crippen LogP contribution in [0.2, 0.25) is 0 Å². The molecular weight excluding hydrogens is 399 g/mol. The number of rotatable bonds is 4. The van der Waals surface area contributed by atoms with E-state index >= 15 is 0 Å². The summed E-state index contributed by atoms with van der Waals surface area (Å²) in [6.07, 6.45) is 5.49. The van der Waals surface area contributed by atoms with Gasteiger partial charge in [-0.3, -0.25) is 4.90 Å². The molecule has 1 aliphatic carbocycles. The molecule has 2 aliphatic rings. The predicted molar refractivity (Wildman–Crippen MR) is 104 cm³/mol. The zero-order valence-electron chi connectivity index (χ0n) is 13.6. The Bertz CT molecular complexity index is 478. The minimum absolute atomic E-state index is 0. The van der Waals surface area contributed by atoms with E-state index in [-0.39, 0.29) is 24.8 Å². The van der Waals surface area contributed by atoms with Gasteiger partial charge < -0.3 is 10.1 Å². The molecule has 0 aromatic heterocycles. The number of nitrogens with zero attached hydrogens (tertiary/aromatic N) is 1. The molecule has 1 aliphatic heterocycles. The van der Waals surface area contributed by atoms with Crippen LogP contribution < -0.4 is 10.1 Å². The lowest BCUT2D eigenvalue weighted by molar-refractivity contribution is 0.125. The lowest BCUT2D eigenvalue weighted by Crippen LogP contribution is -2.46. The Labute approximate surface area is 160 Å². The van der Waals surface area contributed by atoms with E-state index in [9.17, 15) is 0 Å². The molecule has 1 atom stereocenters. The van der Waals surface area contributed by atoms with Crippen LogP contribution in [0.15, 0.2) is 22.7 Å². The molecule has 0 radical (unpaired) electrons. The second-order valence-electron chi connectivity index (χ2n) is 6.16. The van der Waals surface area contributed by atoms with Crippen molar-refractivity contribution in [3.05, 3.63) is 28.2 Å². The monoisotopic (exact) mass is 424 g/mol. The van der Waals surface area contributed by atoms with Gasteiger partial charge in [-0.1, -0.05) is 28.8 Å². The molecule has 1 heterocycles. The van der Waals surface area contributed by atoms with Gasteiger partial charge in [0.05, 0.1) is 7.11 Å². The third-order valence-electron chi connectivity index (χ3n) is 4.91. The number of methoxy groups -OCH3 is 1. The van der Waals surface area contributed by atoms with Gasteiger partial charge in [0.15, 0.2) is 0 Å². The average molecular weight is 426 g/mol. The van der Waals surface area contributed by atoms with Crippen molar-refractivity contribution in [2.75, 3.05) is 33.3 Å². The topological polar surface area (TPSA) is 24.5 Å². The molecule has 132 valence electrons. The molecule has 1 saturated heterocycles. The van der Waals surface area contributed by atoms with Gasteiger partial charge in [-0.2, -0.15) is 0 Å². The fourth-order valence-electron chi connectivity index (χ4n) is 3.86. The third kappa shape index (κ3) is 4.99. The van der Waals surface area contributed by atoms with Crippen LogP contribution in [0.1, 0.15) is 37.3 Å². The van der Waals surface area contributed by atoms with Crippen LogP contribution in [0.25, 0.3) is 0 Å². The molecule has 6 heteroatoms. The first-order chi connectivity index (χ1) is 10.3. The Hall–Kier alpha value is -0.000000000000000111. The normalized spacial score (nSPS) is 20.4. The van der Waals surface area contributed by atoms with E-state index in [2.05, 4.69) is 38.3 Å². The first-order valence-electron chi connectivity index (χ1n) is 8.08. The van der Waals surface area contributed by atoms with Gasteiger partial charge in [-0.05, 0) is 42.5 Å². The van der Waals surface area contributed by atoms with Crippen LogP contribution >= 0.6 is 40.7 Å². The van der Waals surface area contributed by atoms with Gasteiger partial charge in [0, 0.05) is 36.7 Å². The van der Waals surface area contributed by atoms with Gasteiger partial charge in [-0.15, -0.1) is 24.8 Å². The van der Waals surface area contributed by atoms with E-state index in [1.807, 2.05) is 6.07 Å². The van der Waals surface area contributed by atoms with Crippen LogP contribution in [0.4, 0.5) is 0 Å². The highest BCUT2D eigenvalue weighted by molar-refractivity contribution is 9.10. The molecule has 1 aromatic carbocycles. The Morgan fingerprint density at radius 1 is 1.17 bits per heavy atom. The first kappa shape index (κ1) is 21.0. The van der Waals surface area contributed by atoms with Crippen molar-refractivity contribution < 1.29 is 4.74 Å². The number of nitrogens with one attached hydrogen (secondary N) is 1. The molecule has 2 fully saturated rings. The second kappa shape index (κ2) is 10.1. The summed E-state index contributed by atoms with van der Waals surface area (Å²) < 4.78 is 6.68. The zero-order valence-corrected chi connectivity index (χ0v) is 16.8. The largest absolute Gasteiger partial charge is 0.497 e. The number of piperazine rings is 1. The summed E-state index contributed by atoms with van der Waals surface area (Å²) in [4.78, 5) is 2.67. The molecule has 1 saturated carbocycles. The van der Waals surface area contributed by atoms with Crippen LogP contribution in [-0.4, -0.2) is 38.2 Å². The quantitative estimate of drug-likeness (QED) is 0.771. The molecule has 0 unspecified atom stereocenters. The van der Waals surface area contributed by atoms with Gasteiger partial charge in [0.1, 0.15) is 5.75 Å². The molecule has 1 aromatic rings. The van der Waals surface area contributed by atoms with Gasteiger partial charge in [-0.25, -0.2) is 0 Å². The first-order valence-corrected chi connectivity index (χ1v) is 8.87. The van der Waals surface area contributed by atoms with Gasteiger partial charge >= 0.3 is 0 Å². The molecule has 0 amide bonds. The Morgan fingerprint density at radius 3 is 2.43 bits per heavy atom. The minimum Gasteiger partial charge on any atom is -0.497 e. The van der Waals surface area contributed by atoms with E-state index in [0.717, 1.165) is 37.8 Å². The second-order valence-corrected chi connectivity index (χ2v) is 7.02. The predicted octanol–water partition coefficient (Wildman–Crippen LogP) is 4.44. The Balaban J connectivity index is 0.00000132. The van der Waals surface area contributed by atoms with Crippen molar-refractivity contribution in [3.8, 4) is 5.75 Å². The maximum atomic E-state index is 5.46. The highest BCUT2D eigenvalue weighted by atomic mass is 79.9. The fraction of sp³-hybridized carbons (Fsp3) is 0.647. The van der Waals surface area contributed by atoms with Crippen molar-refractivity contribution in [3.63, 3.8) is 0 Å². The summed E-state index contributed by atoms with van der Waals surface area (Å²) >= 11 is 3.78. The fourth-order valence-corrected chi connectivity index (χ4v) is 4.34. The lowest BCUT2D eigenvalue weighted by atomic mass is 9.89. The van der Waals surface area contributed by atoms with E-state index < -0.39 is 0 Å². The Morgan fingerprint density at radius 2 is 1.83 bits per heavy atom. The highest BCUT2D eigenvalue weighted by Gasteiger charge is 2.33. The number of benzene rings is 1. The van der Waals surface area contributed by atoms with Crippen molar-refractivity contribution in [1.82, 2.24) is 10.2 Å². The minimum atomic E-state index is 0. The maximum absolute atomic E-state index is 5.46. The van der Waals surface area contributed by atoms with Gasteiger partial charge in [0.25, 0.3) is 0 Å². The number of halogens is 3. The van der Waals surface area contributed by atoms with Crippen molar-refractivity contribution in [2.24, 2.45) is 5.92 Å². The SMILES string of the molecule is COc1ccc(Br)c([C@@H](C2CCCC2)N2CCNCC2)c1.Cl.Cl. The van der Waals surface area contributed by atoms with E-state index in [0.29, 0.717) is 6.04 Å². The number of hydrogen-bond acceptors (Lipinski definition) is 3. The van der Waals surface area contributed by atoms with Crippen molar-refractivity contribution in [1.29, 1.82) is 0 Å². The summed E-state index contributed by atoms with van der Waals surface area (Å²) in [5.74, 6) is 1.75. The van der Waals surface area contributed by atoms with E-state index in [1.54, 1.807) is 7.11 Å². The molecule has 3 nitrogen and oxygen atoms in total. The summed E-state index contributed by atoms with van der Waals surface area (Å²) in [5.41, 5.74) is 1.41. The molecule has 3 rings (SSSR count). The summed E-state index contributed by atoms with van der Waals surface area (Å²) in [5, 5.41) is 3.47. The maximum Gasteiger partial charge on any atom is 0.119 e. The highest BCUT2D eigenvalue weighted by Crippen LogP contribution is 2.42. The number of hydrogen-bond donors (Lipinski definition) is 1. The zero-order chi connectivity index (χ0) is 14.7. The molecule has 23 heavy (non-hydrogen) atoms. The van der Waals surface area contributed by atoms with Crippen LogP contribution in [-0.2, 0) is 0 Å². The van der Waals surface area contributed by atoms with Crippen LogP contribution in [0, 0.1) is 5.92 Å². The summed E-state index contributed by atoms with van der Waals surface area (Å²) in [7, 11) is 1.75. The molecule has 0 spiro atoms. The van der Waals surface area contributed by atoms with Gasteiger partial charge in [0.2, 0.25) is 0 Å². The number of ether oxygens (including phenoxy) is 1. The summed E-state index contributed by atoms with van der Waals surface area (Å²) in [6, 6.07) is 6.93. The van der Waals surface area contributed by atoms with E-state index in [1.165, 1.54) is 35.7 Å².